The van der Waals surface area contributed by atoms with Crippen molar-refractivity contribution in [2.45, 2.75) is 42.6 Å². The van der Waals surface area contributed by atoms with E-state index in [4.69, 9.17) is 18.9 Å². The number of benzene rings is 3. The number of fused-ring (bicyclic) bond motifs is 1. The molecule has 0 spiro atoms. The topological polar surface area (TPSA) is 77.5 Å². The summed E-state index contributed by atoms with van der Waals surface area (Å²) >= 11 is 1.54. The van der Waals surface area contributed by atoms with E-state index in [2.05, 4.69) is 18.9 Å². The molecule has 1 amide bonds. The molecule has 1 heterocycles. The van der Waals surface area contributed by atoms with Crippen molar-refractivity contribution in [3.05, 3.63) is 77.9 Å². The van der Waals surface area contributed by atoms with Crippen molar-refractivity contribution in [3.8, 4) is 17.2 Å². The second-order valence-corrected chi connectivity index (χ2v) is 11.2. The number of likely N-dealkylation sites (N-methyl/N-ethyl adjacent to an activating group) is 1. The van der Waals surface area contributed by atoms with Gasteiger partial charge in [-0.25, -0.2) is 0 Å². The highest BCUT2D eigenvalue weighted by Crippen LogP contribution is 2.47. The molecule has 3 aromatic carbocycles. The maximum absolute atomic E-state index is 14.2. The van der Waals surface area contributed by atoms with Crippen molar-refractivity contribution in [1.29, 1.82) is 0 Å². The van der Waals surface area contributed by atoms with Gasteiger partial charge < -0.3 is 28.7 Å². The van der Waals surface area contributed by atoms with E-state index in [1.165, 1.54) is 18.7 Å². The zero-order valence-corrected chi connectivity index (χ0v) is 25.3. The van der Waals surface area contributed by atoms with Gasteiger partial charge in [-0.05, 0) is 67.9 Å². The minimum absolute atomic E-state index is 0.0210. The Morgan fingerprint density at radius 3 is 2.34 bits per heavy atom. The number of esters is 1. The molecule has 9 heteroatoms. The first kappa shape index (κ1) is 30.3. The number of rotatable bonds is 11. The molecule has 0 aromatic heterocycles. The van der Waals surface area contributed by atoms with Crippen LogP contribution in [0.15, 0.2) is 71.6 Å². The van der Waals surface area contributed by atoms with Crippen LogP contribution in [0.5, 0.6) is 17.2 Å². The van der Waals surface area contributed by atoms with E-state index < -0.39 is 17.3 Å². The lowest BCUT2D eigenvalue weighted by molar-refractivity contribution is -0.152. The maximum atomic E-state index is 14.2. The number of carbonyl (C=O) groups excluding carboxylic acids is 2. The van der Waals surface area contributed by atoms with E-state index in [1.54, 1.807) is 26.2 Å². The zero-order valence-electron chi connectivity index (χ0n) is 24.5. The first-order valence-corrected chi connectivity index (χ1v) is 14.4. The van der Waals surface area contributed by atoms with Crippen molar-refractivity contribution in [3.63, 3.8) is 0 Å². The van der Waals surface area contributed by atoms with Gasteiger partial charge >= 0.3 is 5.97 Å². The second-order valence-electron chi connectivity index (χ2n) is 10.0. The highest BCUT2D eigenvalue weighted by atomic mass is 32.2. The number of methoxy groups -OCH3 is 3. The second kappa shape index (κ2) is 13.8. The molecule has 41 heavy (non-hydrogen) atoms. The number of hydrogen-bond acceptors (Lipinski definition) is 8. The molecule has 4 rings (SSSR count). The first-order chi connectivity index (χ1) is 19.7. The van der Waals surface area contributed by atoms with Crippen molar-refractivity contribution < 1.29 is 28.5 Å². The van der Waals surface area contributed by atoms with Crippen molar-refractivity contribution in [2.24, 2.45) is 0 Å². The molecule has 0 fully saturated rings. The Kier molecular flexibility index (Phi) is 10.2. The van der Waals surface area contributed by atoms with Gasteiger partial charge in [0, 0.05) is 31.0 Å². The Morgan fingerprint density at radius 2 is 1.68 bits per heavy atom. The molecule has 0 unspecified atom stereocenters. The van der Waals surface area contributed by atoms with Crippen molar-refractivity contribution in [1.82, 2.24) is 4.90 Å². The van der Waals surface area contributed by atoms with Gasteiger partial charge in [0.1, 0.15) is 5.75 Å². The van der Waals surface area contributed by atoms with Gasteiger partial charge in [-0.3, -0.25) is 9.59 Å². The van der Waals surface area contributed by atoms with E-state index in [0.717, 1.165) is 40.4 Å². The predicted molar refractivity (Wildman–Crippen MR) is 161 cm³/mol. The summed E-state index contributed by atoms with van der Waals surface area (Å²) in [5.74, 6) is 1.39. The van der Waals surface area contributed by atoms with E-state index in [0.29, 0.717) is 18.0 Å². The zero-order chi connectivity index (χ0) is 29.5. The third-order valence-corrected chi connectivity index (χ3v) is 8.70. The number of amides is 1. The summed E-state index contributed by atoms with van der Waals surface area (Å²) in [7, 11) is 6.92. The van der Waals surface area contributed by atoms with Gasteiger partial charge in [-0.1, -0.05) is 30.3 Å². The van der Waals surface area contributed by atoms with E-state index >= 15 is 0 Å². The molecule has 0 bridgehead atoms. The average molecular weight is 579 g/mol. The summed E-state index contributed by atoms with van der Waals surface area (Å²) in [5.41, 5.74) is 2.83. The Hall–Kier alpha value is -3.69. The Labute approximate surface area is 246 Å². The number of thioether (sulfide) groups is 1. The van der Waals surface area contributed by atoms with Crippen LogP contribution in [0.2, 0.25) is 0 Å². The number of para-hydroxylation sites is 1. The molecule has 1 aliphatic rings. The SMILES string of the molecule is COc1ccc([C@@H]2Sc3ccccc3N(C[C@H](C)N(C)CCc3ccc(OC)c(OC)c3)C(=O)[C@@H]2OC(C)=O)cc1. The van der Waals surface area contributed by atoms with Crippen LogP contribution in [-0.4, -0.2) is 70.4 Å². The molecular weight excluding hydrogens is 540 g/mol. The Balaban J connectivity index is 1.57. The molecule has 3 aromatic rings. The summed E-state index contributed by atoms with van der Waals surface area (Å²) in [4.78, 5) is 31.4. The molecule has 0 saturated heterocycles. The minimum atomic E-state index is -0.984. The van der Waals surface area contributed by atoms with Gasteiger partial charge in [0.25, 0.3) is 5.91 Å². The van der Waals surface area contributed by atoms with Gasteiger partial charge in [0.2, 0.25) is 0 Å². The molecule has 3 atom stereocenters. The number of anilines is 1. The normalized spacial score (nSPS) is 17.4. The fourth-order valence-corrected chi connectivity index (χ4v) is 6.18. The summed E-state index contributed by atoms with van der Waals surface area (Å²) < 4.78 is 21.9. The number of nitrogens with zero attached hydrogens (tertiary/aromatic N) is 2. The fourth-order valence-electron chi connectivity index (χ4n) is 4.86. The standard InChI is InChI=1S/C32H38N2O6S/c1-21(33(3)18-17-23-11-16-27(38-5)28(19-23)39-6)20-34-26-9-7-8-10-29(26)41-31(30(32(34)36)40-22(2)35)24-12-14-25(37-4)15-13-24/h7-16,19,21,30-31H,17-18,20H2,1-6H3/t21-,30+,31-/m0/s1. The highest BCUT2D eigenvalue weighted by Gasteiger charge is 2.41. The molecule has 0 radical (unpaired) electrons. The lowest BCUT2D eigenvalue weighted by Crippen LogP contribution is -2.48. The molecule has 0 N–H and O–H groups in total. The predicted octanol–water partition coefficient (Wildman–Crippen LogP) is 5.39. The smallest absolute Gasteiger partial charge is 0.303 e. The number of ether oxygens (including phenoxy) is 4. The third-order valence-electron chi connectivity index (χ3n) is 7.33. The summed E-state index contributed by atoms with van der Waals surface area (Å²) in [6.45, 7) is 4.66. The Morgan fingerprint density at radius 1 is 0.976 bits per heavy atom. The monoisotopic (exact) mass is 578 g/mol. The average Bonchev–Trinajstić information content (AvgIpc) is 3.10. The largest absolute Gasteiger partial charge is 0.497 e. The number of hydrogen-bond donors (Lipinski definition) is 0. The van der Waals surface area contributed by atoms with Crippen LogP contribution < -0.4 is 19.1 Å². The molecular formula is C32H38N2O6S. The van der Waals surface area contributed by atoms with Crippen LogP contribution in [0.1, 0.15) is 30.2 Å². The van der Waals surface area contributed by atoms with Crippen LogP contribution in [0.25, 0.3) is 0 Å². The van der Waals surface area contributed by atoms with E-state index in [1.807, 2.05) is 66.7 Å². The fraction of sp³-hybridized carbons (Fsp3) is 0.375. The summed E-state index contributed by atoms with van der Waals surface area (Å²) in [6.07, 6.45) is -0.181. The molecule has 0 saturated carbocycles. The molecule has 218 valence electrons. The van der Waals surface area contributed by atoms with Crippen LogP contribution in [0.4, 0.5) is 5.69 Å². The maximum Gasteiger partial charge on any atom is 0.303 e. The lowest BCUT2D eigenvalue weighted by atomic mass is 10.0. The number of carbonyl (C=O) groups is 2. The van der Waals surface area contributed by atoms with Crippen molar-refractivity contribution in [2.75, 3.05) is 46.4 Å². The van der Waals surface area contributed by atoms with Gasteiger partial charge in [0.05, 0.1) is 32.3 Å². The van der Waals surface area contributed by atoms with Crippen LogP contribution in [0.3, 0.4) is 0 Å². The first-order valence-electron chi connectivity index (χ1n) is 13.5. The quantitative estimate of drug-likeness (QED) is 0.281. The lowest BCUT2D eigenvalue weighted by Gasteiger charge is -2.33. The van der Waals surface area contributed by atoms with Gasteiger partial charge in [0.15, 0.2) is 17.6 Å². The molecule has 1 aliphatic heterocycles. The summed E-state index contributed by atoms with van der Waals surface area (Å²) in [5, 5.41) is -0.415. The van der Waals surface area contributed by atoms with Gasteiger partial charge in [-0.15, -0.1) is 11.8 Å². The molecule has 0 aliphatic carbocycles. The third kappa shape index (κ3) is 7.15. The summed E-state index contributed by atoms with van der Waals surface area (Å²) in [6, 6.07) is 21.4. The van der Waals surface area contributed by atoms with Gasteiger partial charge in [-0.2, -0.15) is 0 Å². The van der Waals surface area contributed by atoms with E-state index in [9.17, 15) is 9.59 Å². The van der Waals surface area contributed by atoms with Crippen LogP contribution in [0, 0.1) is 0 Å². The van der Waals surface area contributed by atoms with Crippen LogP contribution in [-0.2, 0) is 20.7 Å². The van der Waals surface area contributed by atoms with Crippen molar-refractivity contribution >= 4 is 29.3 Å². The minimum Gasteiger partial charge on any atom is -0.497 e. The van der Waals surface area contributed by atoms with Crippen LogP contribution >= 0.6 is 11.8 Å². The Bertz CT molecular complexity index is 1350. The molecule has 8 nitrogen and oxygen atoms in total. The van der Waals surface area contributed by atoms with E-state index in [-0.39, 0.29) is 11.9 Å². The highest BCUT2D eigenvalue weighted by molar-refractivity contribution is 7.99.